The zero-order valence-electron chi connectivity index (χ0n) is 15.6. The number of rotatable bonds is 8. The highest BCUT2D eigenvalue weighted by atomic mass is 35.5. The van der Waals surface area contributed by atoms with E-state index in [1.807, 2.05) is 0 Å². The van der Waals surface area contributed by atoms with Gasteiger partial charge >= 0.3 is 5.97 Å². The Morgan fingerprint density at radius 2 is 1.75 bits per heavy atom. The summed E-state index contributed by atoms with van der Waals surface area (Å²) >= 11 is 11.8. The van der Waals surface area contributed by atoms with Crippen molar-refractivity contribution in [1.29, 1.82) is 0 Å². The first kappa shape index (κ1) is 21.7. The largest absolute Gasteiger partial charge is 0.493 e. The monoisotopic (exact) mass is 426 g/mol. The van der Waals surface area contributed by atoms with Crippen molar-refractivity contribution in [3.8, 4) is 17.2 Å². The van der Waals surface area contributed by atoms with Crippen LogP contribution < -0.4 is 19.9 Å². The molecule has 7 nitrogen and oxygen atoms in total. The Morgan fingerprint density at radius 3 is 2.39 bits per heavy atom. The van der Waals surface area contributed by atoms with Gasteiger partial charge in [-0.1, -0.05) is 34.4 Å². The number of methoxy groups -OCH3 is 2. The molecule has 0 heterocycles. The number of halogens is 2. The third-order valence-corrected chi connectivity index (χ3v) is 4.15. The van der Waals surface area contributed by atoms with E-state index in [0.717, 1.165) is 5.56 Å². The standard InChI is InChI=1S/C19H20Cl2N2O5/c1-11(27-15-7-5-13(20)10-14(15)21)19(24)28-23-18(22)9-12-4-6-16(25-2)17(8-12)26-3/h4-8,10-11H,9H2,1-3H3,(H2,22,23)/t11-/m1/s1. The SMILES string of the molecule is COc1ccc(C/C(N)=N\OC(=O)[C@@H](C)Oc2ccc(Cl)cc2Cl)cc1OC. The number of hydrogen-bond acceptors (Lipinski definition) is 6. The first-order valence-corrected chi connectivity index (χ1v) is 8.95. The Bertz CT molecular complexity index is 873. The first-order chi connectivity index (χ1) is 13.3. The van der Waals surface area contributed by atoms with Crippen LogP contribution in [0.25, 0.3) is 0 Å². The van der Waals surface area contributed by atoms with Crippen molar-refractivity contribution >= 4 is 35.0 Å². The molecular formula is C19H20Cl2N2O5. The fourth-order valence-corrected chi connectivity index (χ4v) is 2.67. The molecule has 0 amide bonds. The van der Waals surface area contributed by atoms with Crippen LogP contribution in [0.4, 0.5) is 0 Å². The van der Waals surface area contributed by atoms with Gasteiger partial charge in [0.2, 0.25) is 0 Å². The molecule has 0 spiro atoms. The lowest BCUT2D eigenvalue weighted by molar-refractivity contribution is -0.151. The van der Waals surface area contributed by atoms with E-state index in [4.69, 9.17) is 48.0 Å². The summed E-state index contributed by atoms with van der Waals surface area (Å²) in [6.07, 6.45) is -0.692. The second-order valence-electron chi connectivity index (χ2n) is 5.69. The Labute approximate surface area is 172 Å². The van der Waals surface area contributed by atoms with Crippen LogP contribution in [0, 0.1) is 0 Å². The van der Waals surface area contributed by atoms with E-state index in [2.05, 4.69) is 5.16 Å². The summed E-state index contributed by atoms with van der Waals surface area (Å²) in [5.41, 5.74) is 6.65. The summed E-state index contributed by atoms with van der Waals surface area (Å²) in [5.74, 6) is 0.850. The van der Waals surface area contributed by atoms with E-state index in [-0.39, 0.29) is 17.3 Å². The smallest absolute Gasteiger partial charge is 0.374 e. The summed E-state index contributed by atoms with van der Waals surface area (Å²) in [5, 5.41) is 4.39. The molecule has 2 aromatic carbocycles. The molecule has 0 aliphatic rings. The zero-order valence-corrected chi connectivity index (χ0v) is 17.1. The van der Waals surface area contributed by atoms with Crippen LogP contribution in [0.5, 0.6) is 17.2 Å². The summed E-state index contributed by atoms with van der Waals surface area (Å²) in [6.45, 7) is 1.51. The van der Waals surface area contributed by atoms with Crippen LogP contribution in [-0.2, 0) is 16.1 Å². The topological polar surface area (TPSA) is 92.4 Å². The lowest BCUT2D eigenvalue weighted by Crippen LogP contribution is -2.26. The summed E-state index contributed by atoms with van der Waals surface area (Å²) in [7, 11) is 3.09. The van der Waals surface area contributed by atoms with Gasteiger partial charge in [-0.3, -0.25) is 0 Å². The molecule has 2 rings (SSSR count). The lowest BCUT2D eigenvalue weighted by Gasteiger charge is -2.13. The quantitative estimate of drug-likeness (QED) is 0.298. The molecule has 2 N–H and O–H groups in total. The number of nitrogens with zero attached hydrogens (tertiary/aromatic N) is 1. The average molecular weight is 427 g/mol. The van der Waals surface area contributed by atoms with E-state index in [1.54, 1.807) is 37.4 Å². The minimum absolute atomic E-state index is 0.109. The van der Waals surface area contributed by atoms with E-state index in [9.17, 15) is 4.79 Å². The normalized spacial score (nSPS) is 12.2. The molecule has 0 aromatic heterocycles. The predicted octanol–water partition coefficient (Wildman–Crippen LogP) is 3.84. The molecule has 0 bridgehead atoms. The summed E-state index contributed by atoms with van der Waals surface area (Å²) in [4.78, 5) is 16.9. The van der Waals surface area contributed by atoms with Gasteiger partial charge < -0.3 is 24.8 Å². The molecule has 0 saturated heterocycles. The van der Waals surface area contributed by atoms with Gasteiger partial charge in [0.15, 0.2) is 17.6 Å². The number of ether oxygens (including phenoxy) is 3. The molecule has 0 unspecified atom stereocenters. The minimum atomic E-state index is -0.948. The van der Waals surface area contributed by atoms with E-state index in [1.165, 1.54) is 20.1 Å². The van der Waals surface area contributed by atoms with Gasteiger partial charge in [0.1, 0.15) is 11.6 Å². The number of carbonyl (C=O) groups is 1. The molecule has 1 atom stereocenters. The summed E-state index contributed by atoms with van der Waals surface area (Å²) in [6, 6.07) is 9.98. The van der Waals surface area contributed by atoms with Crippen LogP contribution >= 0.6 is 23.2 Å². The van der Waals surface area contributed by atoms with Gasteiger partial charge in [-0.2, -0.15) is 0 Å². The van der Waals surface area contributed by atoms with Crippen LogP contribution in [0.1, 0.15) is 12.5 Å². The fourth-order valence-electron chi connectivity index (χ4n) is 2.22. The highest BCUT2D eigenvalue weighted by molar-refractivity contribution is 6.35. The zero-order chi connectivity index (χ0) is 20.7. The van der Waals surface area contributed by atoms with Crippen LogP contribution in [0.3, 0.4) is 0 Å². The number of benzene rings is 2. The first-order valence-electron chi connectivity index (χ1n) is 8.19. The lowest BCUT2D eigenvalue weighted by atomic mass is 10.1. The predicted molar refractivity (Wildman–Crippen MR) is 108 cm³/mol. The second kappa shape index (κ2) is 10.1. The molecule has 0 radical (unpaired) electrons. The highest BCUT2D eigenvalue weighted by Crippen LogP contribution is 2.29. The Kier molecular flexibility index (Phi) is 7.78. The van der Waals surface area contributed by atoms with Gasteiger partial charge in [-0.05, 0) is 42.8 Å². The molecule has 0 aliphatic carbocycles. The average Bonchev–Trinajstić information content (AvgIpc) is 2.68. The maximum Gasteiger partial charge on any atom is 0.374 e. The van der Waals surface area contributed by atoms with Gasteiger partial charge in [0.25, 0.3) is 0 Å². The summed E-state index contributed by atoms with van der Waals surface area (Å²) < 4.78 is 15.9. The van der Waals surface area contributed by atoms with E-state index in [0.29, 0.717) is 22.3 Å². The minimum Gasteiger partial charge on any atom is -0.493 e. The van der Waals surface area contributed by atoms with Crippen molar-refractivity contribution in [2.75, 3.05) is 14.2 Å². The second-order valence-corrected chi connectivity index (χ2v) is 6.54. The van der Waals surface area contributed by atoms with Gasteiger partial charge in [-0.25, -0.2) is 4.79 Å². The number of nitrogens with two attached hydrogens (primary N) is 1. The Hall–Kier alpha value is -2.64. The highest BCUT2D eigenvalue weighted by Gasteiger charge is 2.18. The van der Waals surface area contributed by atoms with Crippen molar-refractivity contribution in [1.82, 2.24) is 0 Å². The number of oxime groups is 1. The maximum atomic E-state index is 12.1. The third-order valence-electron chi connectivity index (χ3n) is 3.62. The van der Waals surface area contributed by atoms with E-state index >= 15 is 0 Å². The third kappa shape index (κ3) is 5.94. The molecule has 0 fully saturated rings. The van der Waals surface area contributed by atoms with Crippen LogP contribution in [0.15, 0.2) is 41.6 Å². The van der Waals surface area contributed by atoms with Crippen LogP contribution in [0.2, 0.25) is 10.0 Å². The van der Waals surface area contributed by atoms with Crippen molar-refractivity contribution in [2.45, 2.75) is 19.4 Å². The number of amidine groups is 1. The van der Waals surface area contributed by atoms with Gasteiger partial charge in [-0.15, -0.1) is 0 Å². The van der Waals surface area contributed by atoms with Crippen molar-refractivity contribution < 1.29 is 23.8 Å². The van der Waals surface area contributed by atoms with Crippen molar-refractivity contribution in [3.63, 3.8) is 0 Å². The molecule has 0 aliphatic heterocycles. The van der Waals surface area contributed by atoms with Gasteiger partial charge in [0, 0.05) is 11.4 Å². The molecule has 28 heavy (non-hydrogen) atoms. The molecule has 150 valence electrons. The molecular weight excluding hydrogens is 407 g/mol. The van der Waals surface area contributed by atoms with E-state index < -0.39 is 12.1 Å². The fraction of sp³-hybridized carbons (Fsp3) is 0.263. The molecule has 9 heteroatoms. The maximum absolute atomic E-state index is 12.1. The molecule has 0 saturated carbocycles. The number of hydrogen-bond donors (Lipinski definition) is 1. The Morgan fingerprint density at radius 1 is 1.07 bits per heavy atom. The van der Waals surface area contributed by atoms with Crippen molar-refractivity contribution in [2.24, 2.45) is 10.9 Å². The number of carbonyl (C=O) groups excluding carboxylic acids is 1. The Balaban J connectivity index is 1.95. The van der Waals surface area contributed by atoms with Crippen molar-refractivity contribution in [3.05, 3.63) is 52.0 Å². The van der Waals surface area contributed by atoms with Gasteiger partial charge in [0.05, 0.1) is 19.2 Å². The molecule has 2 aromatic rings. The van der Waals surface area contributed by atoms with Crippen LogP contribution in [-0.4, -0.2) is 32.1 Å².